The summed E-state index contributed by atoms with van der Waals surface area (Å²) in [6, 6.07) is 2.39. The van der Waals surface area contributed by atoms with Gasteiger partial charge in [0, 0.05) is 29.4 Å². The van der Waals surface area contributed by atoms with Gasteiger partial charge in [0.1, 0.15) is 5.82 Å². The fraction of sp³-hybridized carbons (Fsp3) is 0.250. The van der Waals surface area contributed by atoms with Crippen molar-refractivity contribution in [2.75, 3.05) is 0 Å². The van der Waals surface area contributed by atoms with E-state index >= 15 is 0 Å². The molecule has 4 heteroatoms. The number of allylic oxidation sites excluding steroid dienone is 3. The number of aliphatic imine (C=N–C) groups is 1. The minimum Gasteiger partial charge on any atom is -0.384 e. The molecule has 0 unspecified atom stereocenters. The van der Waals surface area contributed by atoms with Gasteiger partial charge in [-0.2, -0.15) is 0 Å². The summed E-state index contributed by atoms with van der Waals surface area (Å²) in [6.45, 7) is 9.75. The topological polar surface area (TPSA) is 56.2 Å². The molecule has 4 nitrogen and oxygen atoms in total. The second-order valence-corrected chi connectivity index (χ2v) is 4.91. The first-order valence-electron chi connectivity index (χ1n) is 6.63. The molecule has 0 saturated carbocycles. The summed E-state index contributed by atoms with van der Waals surface area (Å²) >= 11 is 0. The van der Waals surface area contributed by atoms with Gasteiger partial charge < -0.3 is 10.3 Å². The van der Waals surface area contributed by atoms with Crippen LogP contribution in [0.3, 0.4) is 0 Å². The summed E-state index contributed by atoms with van der Waals surface area (Å²) in [7, 11) is 0. The summed E-state index contributed by atoms with van der Waals surface area (Å²) in [4.78, 5) is 7.98. The van der Waals surface area contributed by atoms with Crippen LogP contribution in [0.1, 0.15) is 32.4 Å². The van der Waals surface area contributed by atoms with Gasteiger partial charge in [0.15, 0.2) is 0 Å². The van der Waals surface area contributed by atoms with Crippen LogP contribution in [0.4, 0.5) is 0 Å². The van der Waals surface area contributed by atoms with Gasteiger partial charge >= 0.3 is 0 Å². The van der Waals surface area contributed by atoms with Crippen LogP contribution in [0.5, 0.6) is 0 Å². The standard InChI is InChI=1S/C16H20N4/c1-5-12(8-16(17)18-4)14-10-20(11(2)3)15-9-19-7-6-13(14)15/h5-11H,4,17H2,1-3H3/b12-5+,16-8-. The van der Waals surface area contributed by atoms with Crippen molar-refractivity contribution in [1.29, 1.82) is 0 Å². The summed E-state index contributed by atoms with van der Waals surface area (Å²) in [5, 5.41) is 1.16. The lowest BCUT2D eigenvalue weighted by atomic mass is 10.1. The van der Waals surface area contributed by atoms with Gasteiger partial charge in [-0.15, -0.1) is 0 Å². The van der Waals surface area contributed by atoms with Crippen molar-refractivity contribution in [3.63, 3.8) is 0 Å². The molecule has 0 amide bonds. The van der Waals surface area contributed by atoms with Crippen molar-refractivity contribution in [3.8, 4) is 0 Å². The third kappa shape index (κ3) is 2.50. The fourth-order valence-corrected chi connectivity index (χ4v) is 2.28. The summed E-state index contributed by atoms with van der Waals surface area (Å²) in [5.41, 5.74) is 9.05. The van der Waals surface area contributed by atoms with Crippen LogP contribution >= 0.6 is 0 Å². The zero-order chi connectivity index (χ0) is 14.7. The highest BCUT2D eigenvalue weighted by Crippen LogP contribution is 2.30. The molecule has 0 bridgehead atoms. The largest absolute Gasteiger partial charge is 0.384 e. The molecule has 0 radical (unpaired) electrons. The lowest BCUT2D eigenvalue weighted by molar-refractivity contribution is 0.622. The molecule has 2 heterocycles. The number of aromatic nitrogens is 2. The van der Waals surface area contributed by atoms with E-state index in [0.29, 0.717) is 11.9 Å². The Kier molecular flexibility index (Phi) is 4.03. The van der Waals surface area contributed by atoms with Gasteiger partial charge in [-0.1, -0.05) is 6.08 Å². The smallest absolute Gasteiger partial charge is 0.123 e. The molecule has 0 atom stereocenters. The normalized spacial score (nSPS) is 13.2. The molecule has 2 N–H and O–H groups in total. The molecule has 0 spiro atoms. The molecule has 2 rings (SSSR count). The van der Waals surface area contributed by atoms with Crippen LogP contribution in [0.25, 0.3) is 16.5 Å². The van der Waals surface area contributed by atoms with Crippen LogP contribution < -0.4 is 5.73 Å². The van der Waals surface area contributed by atoms with E-state index in [1.165, 1.54) is 0 Å². The molecular weight excluding hydrogens is 248 g/mol. The molecule has 2 aromatic rings. The Morgan fingerprint density at radius 1 is 1.50 bits per heavy atom. The van der Waals surface area contributed by atoms with Crippen molar-refractivity contribution in [1.82, 2.24) is 9.55 Å². The van der Waals surface area contributed by atoms with Crippen LogP contribution in [0, 0.1) is 0 Å². The average Bonchev–Trinajstić information content (AvgIpc) is 2.84. The Bertz CT molecular complexity index is 690. The average molecular weight is 268 g/mol. The van der Waals surface area contributed by atoms with Crippen molar-refractivity contribution < 1.29 is 0 Å². The predicted molar refractivity (Wildman–Crippen MR) is 85.6 cm³/mol. The van der Waals surface area contributed by atoms with Crippen molar-refractivity contribution in [2.24, 2.45) is 10.7 Å². The van der Waals surface area contributed by atoms with Crippen molar-refractivity contribution >= 4 is 23.2 Å². The molecule has 0 aliphatic carbocycles. The zero-order valence-electron chi connectivity index (χ0n) is 12.2. The van der Waals surface area contributed by atoms with Gasteiger partial charge in [-0.25, -0.2) is 4.99 Å². The maximum Gasteiger partial charge on any atom is 0.123 e. The van der Waals surface area contributed by atoms with E-state index < -0.39 is 0 Å². The van der Waals surface area contributed by atoms with E-state index in [0.717, 1.165) is 22.0 Å². The second-order valence-electron chi connectivity index (χ2n) is 4.91. The third-order valence-electron chi connectivity index (χ3n) is 3.30. The summed E-state index contributed by atoms with van der Waals surface area (Å²) in [5.74, 6) is 0.414. The third-order valence-corrected chi connectivity index (χ3v) is 3.30. The minimum atomic E-state index is 0.368. The van der Waals surface area contributed by atoms with Crippen molar-refractivity contribution in [3.05, 3.63) is 48.2 Å². The van der Waals surface area contributed by atoms with E-state index in [9.17, 15) is 0 Å². The molecule has 0 fully saturated rings. The zero-order valence-corrected chi connectivity index (χ0v) is 12.2. The van der Waals surface area contributed by atoms with E-state index in [1.807, 2.05) is 37.5 Å². The maximum atomic E-state index is 5.77. The van der Waals surface area contributed by atoms with Gasteiger partial charge in [0.2, 0.25) is 0 Å². The highest BCUT2D eigenvalue weighted by molar-refractivity contribution is 5.95. The van der Waals surface area contributed by atoms with E-state index in [1.54, 1.807) is 0 Å². The molecule has 0 aliphatic rings. The van der Waals surface area contributed by atoms with Crippen LogP contribution in [0.2, 0.25) is 0 Å². The van der Waals surface area contributed by atoms with Crippen LogP contribution in [-0.2, 0) is 0 Å². The first-order valence-corrected chi connectivity index (χ1v) is 6.63. The Labute approximate surface area is 119 Å². The van der Waals surface area contributed by atoms with Gasteiger partial charge in [-0.05, 0) is 45.2 Å². The second kappa shape index (κ2) is 5.74. The number of hydrogen-bond acceptors (Lipinski definition) is 3. The number of pyridine rings is 1. The fourth-order valence-electron chi connectivity index (χ4n) is 2.28. The summed E-state index contributed by atoms with van der Waals surface area (Å²) < 4.78 is 2.21. The quantitative estimate of drug-likeness (QED) is 0.681. The molecular formula is C16H20N4. The molecule has 0 aliphatic heterocycles. The maximum absolute atomic E-state index is 5.77. The number of nitrogens with two attached hydrogens (primary N) is 1. The van der Waals surface area contributed by atoms with E-state index in [-0.39, 0.29) is 0 Å². The van der Waals surface area contributed by atoms with Crippen molar-refractivity contribution in [2.45, 2.75) is 26.8 Å². The molecule has 20 heavy (non-hydrogen) atoms. The predicted octanol–water partition coefficient (Wildman–Crippen LogP) is 3.52. The Morgan fingerprint density at radius 2 is 2.25 bits per heavy atom. The number of rotatable bonds is 4. The molecule has 0 aromatic carbocycles. The van der Waals surface area contributed by atoms with Gasteiger partial charge in [-0.3, -0.25) is 4.98 Å². The van der Waals surface area contributed by atoms with E-state index in [4.69, 9.17) is 5.73 Å². The highest BCUT2D eigenvalue weighted by Gasteiger charge is 2.12. The lowest BCUT2D eigenvalue weighted by Crippen LogP contribution is -1.98. The minimum absolute atomic E-state index is 0.368. The summed E-state index contributed by atoms with van der Waals surface area (Å²) in [6.07, 6.45) is 9.71. The van der Waals surface area contributed by atoms with Crippen LogP contribution in [-0.4, -0.2) is 16.3 Å². The SMILES string of the molecule is C=N/C(N)=C\C(=C/C)c1cn(C(C)C)c2cnccc12. The monoisotopic (exact) mass is 268 g/mol. The molecule has 2 aromatic heterocycles. The molecule has 104 valence electrons. The highest BCUT2D eigenvalue weighted by atomic mass is 15.0. The van der Waals surface area contributed by atoms with Crippen LogP contribution in [0.15, 0.2) is 47.6 Å². The number of fused-ring (bicyclic) bond motifs is 1. The Hall–Kier alpha value is -2.36. The number of hydrogen-bond donors (Lipinski definition) is 1. The molecule has 0 saturated heterocycles. The van der Waals surface area contributed by atoms with Gasteiger partial charge in [0.05, 0.1) is 11.7 Å². The first-order chi connectivity index (χ1) is 9.58. The Balaban J connectivity index is 2.68. The number of nitrogens with zero attached hydrogens (tertiary/aromatic N) is 3. The lowest BCUT2D eigenvalue weighted by Gasteiger charge is -2.08. The Morgan fingerprint density at radius 3 is 2.85 bits per heavy atom. The van der Waals surface area contributed by atoms with Gasteiger partial charge in [0.25, 0.3) is 0 Å². The van der Waals surface area contributed by atoms with E-state index in [2.05, 4.69) is 41.3 Å². The first kappa shape index (κ1) is 14.1.